The molecule has 0 unspecified atom stereocenters. The van der Waals surface area contributed by atoms with E-state index in [9.17, 15) is 0 Å². The number of para-hydroxylation sites is 3. The monoisotopic (exact) mass is 663 g/mol. The van der Waals surface area contributed by atoms with Crippen molar-refractivity contribution in [1.29, 1.82) is 0 Å². The fourth-order valence-electron chi connectivity index (χ4n) is 8.22. The molecule has 0 saturated heterocycles. The fraction of sp³-hybridized carbons (Fsp3) is 0. The summed E-state index contributed by atoms with van der Waals surface area (Å²) in [6.07, 6.45) is 0. The van der Waals surface area contributed by atoms with E-state index in [4.69, 9.17) is 9.39 Å². The van der Waals surface area contributed by atoms with Crippen LogP contribution in [0.15, 0.2) is 182 Å². The van der Waals surface area contributed by atoms with Crippen LogP contribution in [0.25, 0.3) is 72.0 Å². The average molecular weight is 664 g/mol. The Labute approximate surface area is 302 Å². The van der Waals surface area contributed by atoms with Gasteiger partial charge in [-0.3, -0.25) is 0 Å². The van der Waals surface area contributed by atoms with Gasteiger partial charge in [0.25, 0.3) is 0 Å². The molecule has 0 saturated carbocycles. The Morgan fingerprint density at radius 2 is 1.00 bits per heavy atom. The van der Waals surface area contributed by atoms with Crippen LogP contribution in [0.3, 0.4) is 0 Å². The van der Waals surface area contributed by atoms with E-state index in [1.54, 1.807) is 0 Å². The van der Waals surface area contributed by atoms with Crippen LogP contribution >= 0.6 is 0 Å². The van der Waals surface area contributed by atoms with E-state index in [2.05, 4.69) is 180 Å². The zero-order chi connectivity index (χ0) is 34.2. The van der Waals surface area contributed by atoms with Gasteiger partial charge in [-0.25, -0.2) is 0 Å². The summed E-state index contributed by atoms with van der Waals surface area (Å²) in [7, 11) is 0. The van der Waals surface area contributed by atoms with Gasteiger partial charge in [0, 0.05) is 32.9 Å². The van der Waals surface area contributed by atoms with E-state index in [-0.39, 0.29) is 6.92 Å². The van der Waals surface area contributed by atoms with Crippen molar-refractivity contribution < 1.29 is 9.39 Å². The third kappa shape index (κ3) is 4.48. The van der Waals surface area contributed by atoms with Crippen LogP contribution in [0.5, 0.6) is 17.2 Å². The number of rotatable bonds is 4. The summed E-state index contributed by atoms with van der Waals surface area (Å²) in [6, 6.07) is 64.8. The van der Waals surface area contributed by atoms with E-state index in [0.717, 1.165) is 67.2 Å². The molecule has 9 aromatic rings. The highest BCUT2D eigenvalue weighted by Crippen LogP contribution is 2.42. The molecule has 0 spiro atoms. The summed E-state index contributed by atoms with van der Waals surface area (Å²) >= 11 is 0. The number of benzene rings is 8. The van der Waals surface area contributed by atoms with Crippen LogP contribution in [0.2, 0.25) is 0 Å². The number of nitrogens with zero attached hydrogens (tertiary/aromatic N) is 1. The van der Waals surface area contributed by atoms with Gasteiger partial charge >= 0.3 is 6.92 Å². The first-order valence-corrected chi connectivity index (χ1v) is 17.8. The number of hydrogen-bond acceptors (Lipinski definition) is 2. The molecule has 11 rings (SSSR count). The predicted octanol–water partition coefficient (Wildman–Crippen LogP) is 11.1. The molecule has 242 valence electrons. The van der Waals surface area contributed by atoms with E-state index in [1.165, 1.54) is 32.9 Å². The summed E-state index contributed by atoms with van der Waals surface area (Å²) in [4.78, 5) is 0. The van der Waals surface area contributed by atoms with Crippen LogP contribution in [0.4, 0.5) is 0 Å². The number of hydrogen-bond donors (Lipinski definition) is 0. The van der Waals surface area contributed by atoms with Gasteiger partial charge in [0.1, 0.15) is 17.2 Å². The first-order chi connectivity index (χ1) is 25.8. The molecule has 0 fully saturated rings. The summed E-state index contributed by atoms with van der Waals surface area (Å²) in [5.74, 6) is 2.54. The van der Waals surface area contributed by atoms with Crippen molar-refractivity contribution in [3.05, 3.63) is 182 Å². The number of ether oxygens (including phenoxy) is 1. The zero-order valence-corrected chi connectivity index (χ0v) is 28.2. The highest BCUT2D eigenvalue weighted by atomic mass is 16.5. The van der Waals surface area contributed by atoms with Crippen molar-refractivity contribution in [3.63, 3.8) is 0 Å². The van der Waals surface area contributed by atoms with E-state index < -0.39 is 0 Å². The van der Waals surface area contributed by atoms with Crippen LogP contribution in [0, 0.1) is 0 Å². The lowest BCUT2D eigenvalue weighted by Gasteiger charge is -2.33. The zero-order valence-electron chi connectivity index (χ0n) is 28.2. The molecule has 0 aliphatic carbocycles. The Morgan fingerprint density at radius 3 is 1.79 bits per heavy atom. The van der Waals surface area contributed by atoms with Crippen molar-refractivity contribution in [3.8, 4) is 67.4 Å². The molecule has 1 aromatic heterocycles. The third-order valence-electron chi connectivity index (χ3n) is 10.7. The van der Waals surface area contributed by atoms with Crippen molar-refractivity contribution in [2.24, 2.45) is 0 Å². The standard InChI is InChI=1S/C48H30BNO2/c1-2-11-31(12-3-1)33-13-10-14-34(27-33)35-23-26-46-42(29-35)49-48-41(40-17-6-9-20-45(40)52-49)28-36(30-47(48)51-46)32-21-24-37(25-22-32)50-43-18-7-4-15-38(43)39-16-5-8-19-44(39)50/h1-30H. The summed E-state index contributed by atoms with van der Waals surface area (Å²) < 4.78 is 16.0. The van der Waals surface area contributed by atoms with Gasteiger partial charge in [-0.1, -0.05) is 127 Å². The van der Waals surface area contributed by atoms with Crippen LogP contribution in [0.1, 0.15) is 0 Å². The van der Waals surface area contributed by atoms with Crippen molar-refractivity contribution >= 4 is 39.6 Å². The lowest BCUT2D eigenvalue weighted by atomic mass is 9.50. The summed E-state index contributed by atoms with van der Waals surface area (Å²) in [6.45, 7) is -0.285. The molecule has 0 atom stereocenters. The lowest BCUT2D eigenvalue weighted by molar-refractivity contribution is 0.479. The molecule has 0 radical (unpaired) electrons. The molecule has 0 amide bonds. The minimum atomic E-state index is -0.285. The predicted molar refractivity (Wildman–Crippen MR) is 215 cm³/mol. The van der Waals surface area contributed by atoms with Gasteiger partial charge < -0.3 is 14.0 Å². The Balaban J connectivity index is 1.01. The van der Waals surface area contributed by atoms with Gasteiger partial charge in [0.05, 0.1) is 11.0 Å². The van der Waals surface area contributed by atoms with Crippen LogP contribution < -0.4 is 20.3 Å². The third-order valence-corrected chi connectivity index (χ3v) is 10.7. The molecule has 2 aliphatic heterocycles. The van der Waals surface area contributed by atoms with E-state index in [0.29, 0.717) is 0 Å². The van der Waals surface area contributed by atoms with Gasteiger partial charge in [-0.2, -0.15) is 0 Å². The maximum absolute atomic E-state index is 6.84. The first kappa shape index (κ1) is 29.0. The molecular formula is C48H30BNO2. The smallest absolute Gasteiger partial charge is 0.434 e. The van der Waals surface area contributed by atoms with Crippen molar-refractivity contribution in [2.75, 3.05) is 0 Å². The van der Waals surface area contributed by atoms with Gasteiger partial charge in [-0.15, -0.1) is 0 Å². The largest absolute Gasteiger partial charge is 0.551 e. The Kier molecular flexibility index (Phi) is 6.35. The maximum Gasteiger partial charge on any atom is 0.434 e. The molecule has 3 nitrogen and oxygen atoms in total. The maximum atomic E-state index is 6.84. The minimum Gasteiger partial charge on any atom is -0.551 e. The second-order valence-electron chi connectivity index (χ2n) is 13.6. The minimum absolute atomic E-state index is 0.285. The molecular weight excluding hydrogens is 633 g/mol. The molecule has 52 heavy (non-hydrogen) atoms. The molecule has 3 heterocycles. The summed E-state index contributed by atoms with van der Waals surface area (Å²) in [5, 5.41) is 2.52. The average Bonchev–Trinajstić information content (AvgIpc) is 3.55. The highest BCUT2D eigenvalue weighted by Gasteiger charge is 2.41. The quantitative estimate of drug-likeness (QED) is 0.175. The molecule has 0 N–H and O–H groups in total. The molecule has 4 heteroatoms. The Morgan fingerprint density at radius 1 is 0.385 bits per heavy atom. The molecule has 8 aromatic carbocycles. The normalized spacial score (nSPS) is 12.5. The topological polar surface area (TPSA) is 23.4 Å². The molecule has 0 bridgehead atoms. The van der Waals surface area contributed by atoms with Crippen molar-refractivity contribution in [1.82, 2.24) is 4.57 Å². The van der Waals surface area contributed by atoms with E-state index >= 15 is 0 Å². The lowest BCUT2D eigenvalue weighted by Crippen LogP contribution is -2.53. The van der Waals surface area contributed by atoms with Crippen LogP contribution in [-0.2, 0) is 0 Å². The second kappa shape index (κ2) is 11.4. The SMILES string of the molecule is c1ccc(-c2cccc(-c3ccc4c(c3)B3Oc5ccccc5-c5cc(-c6ccc(-n7c8ccccc8c8ccccc87)cc6)cc(c53)O4)c2)cc1. The Bertz CT molecular complexity index is 2800. The Hall–Kier alpha value is -6.78. The van der Waals surface area contributed by atoms with Crippen molar-refractivity contribution in [2.45, 2.75) is 0 Å². The van der Waals surface area contributed by atoms with Gasteiger partial charge in [0.15, 0.2) is 0 Å². The summed E-state index contributed by atoms with van der Waals surface area (Å²) in [5.41, 5.74) is 14.8. The second-order valence-corrected chi connectivity index (χ2v) is 13.6. The number of aromatic nitrogens is 1. The first-order valence-electron chi connectivity index (χ1n) is 17.8. The number of fused-ring (bicyclic) bond motifs is 7. The van der Waals surface area contributed by atoms with Gasteiger partial charge in [0.2, 0.25) is 0 Å². The van der Waals surface area contributed by atoms with E-state index in [1.807, 2.05) is 6.07 Å². The van der Waals surface area contributed by atoms with Crippen LogP contribution in [-0.4, -0.2) is 11.5 Å². The highest BCUT2D eigenvalue weighted by molar-refractivity contribution is 6.84. The molecule has 2 aliphatic rings. The van der Waals surface area contributed by atoms with Gasteiger partial charge in [-0.05, 0) is 93.5 Å². The fourth-order valence-corrected chi connectivity index (χ4v) is 8.22.